The van der Waals surface area contributed by atoms with E-state index in [1.165, 1.54) is 30.2 Å². The number of carbonyl (C=O) groups excluding carboxylic acids is 2. The maximum absolute atomic E-state index is 13.7. The zero-order valence-corrected chi connectivity index (χ0v) is 15.3. The van der Waals surface area contributed by atoms with E-state index in [1.54, 1.807) is 12.1 Å². The Bertz CT molecular complexity index is 1180. The fourth-order valence-electron chi connectivity index (χ4n) is 3.60. The van der Waals surface area contributed by atoms with Crippen molar-refractivity contribution < 1.29 is 28.2 Å². The van der Waals surface area contributed by atoms with Crippen molar-refractivity contribution in [2.24, 2.45) is 0 Å². The molecular weight excluding hydrogens is 381 g/mol. The molecule has 2 aromatic carbocycles. The Kier molecular flexibility index (Phi) is 4.63. The molecule has 8 heteroatoms. The number of ether oxygens (including phenoxy) is 1. The normalized spacial score (nSPS) is 15.6. The smallest absolute Gasteiger partial charge is 0.337 e. The van der Waals surface area contributed by atoms with E-state index in [2.05, 4.69) is 4.74 Å². The van der Waals surface area contributed by atoms with Crippen molar-refractivity contribution in [3.8, 4) is 0 Å². The van der Waals surface area contributed by atoms with Gasteiger partial charge in [-0.25, -0.2) is 9.18 Å². The molecule has 1 amide bonds. The van der Waals surface area contributed by atoms with Crippen LogP contribution in [0.2, 0.25) is 0 Å². The van der Waals surface area contributed by atoms with E-state index in [0.29, 0.717) is 11.1 Å². The van der Waals surface area contributed by atoms with Crippen LogP contribution in [0, 0.1) is 5.82 Å². The van der Waals surface area contributed by atoms with Crippen molar-refractivity contribution in [1.82, 2.24) is 4.90 Å². The molecule has 148 valence electrons. The molecule has 0 spiro atoms. The molecular formula is C21H16FNO6. The maximum atomic E-state index is 13.7. The van der Waals surface area contributed by atoms with Crippen LogP contribution in [0.3, 0.4) is 0 Å². The molecule has 2 heterocycles. The highest BCUT2D eigenvalue weighted by atomic mass is 19.1. The summed E-state index contributed by atoms with van der Waals surface area (Å²) < 4.78 is 24.0. The first-order valence-corrected chi connectivity index (χ1v) is 8.82. The quantitative estimate of drug-likeness (QED) is 0.679. The maximum Gasteiger partial charge on any atom is 0.337 e. The molecule has 29 heavy (non-hydrogen) atoms. The van der Waals surface area contributed by atoms with Gasteiger partial charge in [-0.1, -0.05) is 12.1 Å². The highest BCUT2D eigenvalue weighted by Gasteiger charge is 2.42. The number of nitrogens with zero attached hydrogens (tertiary/aromatic N) is 1. The highest BCUT2D eigenvalue weighted by molar-refractivity contribution is 5.99. The van der Waals surface area contributed by atoms with Crippen LogP contribution in [0.15, 0.2) is 51.7 Å². The molecule has 0 saturated carbocycles. The number of hydrogen-bond donors (Lipinski definition) is 1. The largest absolute Gasteiger partial charge is 0.465 e. The van der Waals surface area contributed by atoms with Crippen LogP contribution in [0.5, 0.6) is 0 Å². The van der Waals surface area contributed by atoms with Crippen LogP contribution in [-0.4, -0.2) is 42.1 Å². The van der Waals surface area contributed by atoms with Gasteiger partial charge in [0.2, 0.25) is 5.76 Å². The molecule has 0 fully saturated rings. The number of halogens is 1. The van der Waals surface area contributed by atoms with E-state index in [1.807, 2.05) is 0 Å². The number of aliphatic hydroxyl groups is 1. The zero-order valence-electron chi connectivity index (χ0n) is 15.3. The Labute approximate surface area is 163 Å². The summed E-state index contributed by atoms with van der Waals surface area (Å²) in [6.45, 7) is -0.352. The lowest BCUT2D eigenvalue weighted by atomic mass is 9.97. The average molecular weight is 397 g/mol. The Morgan fingerprint density at radius 1 is 1.21 bits per heavy atom. The summed E-state index contributed by atoms with van der Waals surface area (Å²) >= 11 is 0. The fraction of sp³-hybridized carbons (Fsp3) is 0.190. The minimum atomic E-state index is -0.833. The monoisotopic (exact) mass is 397 g/mol. The van der Waals surface area contributed by atoms with Crippen molar-refractivity contribution in [2.75, 3.05) is 20.3 Å². The molecule has 0 radical (unpaired) electrons. The molecule has 1 N–H and O–H groups in total. The highest BCUT2D eigenvalue weighted by Crippen LogP contribution is 2.38. The molecule has 1 atom stereocenters. The second kappa shape index (κ2) is 7.14. The lowest BCUT2D eigenvalue weighted by Crippen LogP contribution is -2.32. The van der Waals surface area contributed by atoms with Crippen molar-refractivity contribution in [3.05, 3.63) is 81.0 Å². The SMILES string of the molecule is COC(=O)c1ccc([C@H]2c3c(oc4ccc(F)cc4c3=O)C(=O)N2CCO)cc1. The van der Waals surface area contributed by atoms with Gasteiger partial charge in [-0.3, -0.25) is 9.59 Å². The number of rotatable bonds is 4. The van der Waals surface area contributed by atoms with Crippen LogP contribution in [-0.2, 0) is 4.74 Å². The minimum absolute atomic E-state index is 0.0265. The van der Waals surface area contributed by atoms with Crippen molar-refractivity contribution in [3.63, 3.8) is 0 Å². The summed E-state index contributed by atoms with van der Waals surface area (Å²) in [5.41, 5.74) is 0.515. The fourth-order valence-corrected chi connectivity index (χ4v) is 3.60. The summed E-state index contributed by atoms with van der Waals surface area (Å²) in [6, 6.07) is 8.91. The summed E-state index contributed by atoms with van der Waals surface area (Å²) in [5, 5.41) is 9.44. The topological polar surface area (TPSA) is 97.0 Å². The second-order valence-corrected chi connectivity index (χ2v) is 6.55. The van der Waals surface area contributed by atoms with E-state index in [-0.39, 0.29) is 35.4 Å². The molecule has 7 nitrogen and oxygen atoms in total. The first kappa shape index (κ1) is 18.8. The summed E-state index contributed by atoms with van der Waals surface area (Å²) in [6.07, 6.45) is 0. The first-order chi connectivity index (χ1) is 14.0. The third kappa shape index (κ3) is 2.98. The van der Waals surface area contributed by atoms with Gasteiger partial charge in [0.1, 0.15) is 11.4 Å². The third-order valence-corrected chi connectivity index (χ3v) is 4.92. The standard InChI is InChI=1S/C21H16FNO6/c1-28-21(27)12-4-2-11(3-5-12)17-16-18(25)14-10-13(22)6-7-15(14)29-19(16)20(26)23(17)8-9-24/h2-7,10,17,24H,8-9H2,1H3/t17-/m0/s1. The predicted molar refractivity (Wildman–Crippen MR) is 100 cm³/mol. The van der Waals surface area contributed by atoms with Crippen LogP contribution >= 0.6 is 0 Å². The molecule has 1 aliphatic heterocycles. The third-order valence-electron chi connectivity index (χ3n) is 4.92. The molecule has 0 saturated heterocycles. The van der Waals surface area contributed by atoms with E-state index in [9.17, 15) is 23.9 Å². The van der Waals surface area contributed by atoms with Gasteiger partial charge in [0.25, 0.3) is 5.91 Å². The Hall–Kier alpha value is -3.52. The summed E-state index contributed by atoms with van der Waals surface area (Å²) in [4.78, 5) is 39.0. The summed E-state index contributed by atoms with van der Waals surface area (Å²) in [7, 11) is 1.26. The van der Waals surface area contributed by atoms with Gasteiger partial charge in [-0.05, 0) is 35.9 Å². The van der Waals surface area contributed by atoms with Gasteiger partial charge < -0.3 is 19.2 Å². The number of aliphatic hydroxyl groups excluding tert-OH is 1. The van der Waals surface area contributed by atoms with Crippen LogP contribution in [0.1, 0.15) is 38.1 Å². The van der Waals surface area contributed by atoms with Crippen molar-refractivity contribution >= 4 is 22.8 Å². The average Bonchev–Trinajstić information content (AvgIpc) is 3.01. The number of methoxy groups -OCH3 is 1. The molecule has 0 unspecified atom stereocenters. The Morgan fingerprint density at radius 3 is 2.59 bits per heavy atom. The molecule has 1 aliphatic rings. The van der Waals surface area contributed by atoms with Gasteiger partial charge >= 0.3 is 5.97 Å². The van der Waals surface area contributed by atoms with Gasteiger partial charge in [-0.2, -0.15) is 0 Å². The predicted octanol–water partition coefficient (Wildman–Crippen LogP) is 2.26. The molecule has 0 aliphatic carbocycles. The van der Waals surface area contributed by atoms with Gasteiger partial charge in [0.05, 0.1) is 36.3 Å². The van der Waals surface area contributed by atoms with Crippen molar-refractivity contribution in [2.45, 2.75) is 6.04 Å². The Morgan fingerprint density at radius 2 is 1.93 bits per heavy atom. The van der Waals surface area contributed by atoms with E-state index in [4.69, 9.17) is 4.42 Å². The van der Waals surface area contributed by atoms with Crippen LogP contribution < -0.4 is 5.43 Å². The molecule has 0 bridgehead atoms. The number of hydrogen-bond acceptors (Lipinski definition) is 6. The zero-order chi connectivity index (χ0) is 20.7. The number of esters is 1. The lowest BCUT2D eigenvalue weighted by molar-refractivity contribution is 0.0599. The number of benzene rings is 2. The lowest BCUT2D eigenvalue weighted by Gasteiger charge is -2.24. The number of fused-ring (bicyclic) bond motifs is 2. The van der Waals surface area contributed by atoms with E-state index >= 15 is 0 Å². The van der Waals surface area contributed by atoms with Crippen LogP contribution in [0.25, 0.3) is 11.0 Å². The minimum Gasteiger partial charge on any atom is -0.465 e. The van der Waals surface area contributed by atoms with Crippen LogP contribution in [0.4, 0.5) is 4.39 Å². The first-order valence-electron chi connectivity index (χ1n) is 8.82. The van der Waals surface area contributed by atoms with E-state index < -0.39 is 29.2 Å². The Balaban J connectivity index is 1.92. The second-order valence-electron chi connectivity index (χ2n) is 6.55. The number of amides is 1. The van der Waals surface area contributed by atoms with Crippen molar-refractivity contribution in [1.29, 1.82) is 0 Å². The van der Waals surface area contributed by atoms with E-state index in [0.717, 1.165) is 12.1 Å². The molecule has 1 aromatic heterocycles. The number of β-amino-alcohol motifs (C(OH)–C–C–N with tert-alkyl or cyclic N) is 1. The summed E-state index contributed by atoms with van der Waals surface area (Å²) in [5.74, 6) is -1.79. The van der Waals surface area contributed by atoms with Gasteiger partial charge in [-0.15, -0.1) is 0 Å². The number of carbonyl (C=O) groups is 2. The molecule has 3 aromatic rings. The van der Waals surface area contributed by atoms with Gasteiger partial charge in [0.15, 0.2) is 5.43 Å². The molecule has 4 rings (SSSR count). The van der Waals surface area contributed by atoms with Gasteiger partial charge in [0, 0.05) is 6.54 Å².